The second kappa shape index (κ2) is 5.89. The Morgan fingerprint density at radius 3 is 2.67 bits per heavy atom. The van der Waals surface area contributed by atoms with Crippen LogP contribution < -0.4 is 10.3 Å². The van der Waals surface area contributed by atoms with E-state index >= 15 is 0 Å². The van der Waals surface area contributed by atoms with E-state index in [2.05, 4.69) is 4.98 Å². The molecule has 1 aliphatic rings. The number of rotatable bonds is 2. The van der Waals surface area contributed by atoms with Crippen molar-refractivity contribution in [2.24, 2.45) is 0 Å². The van der Waals surface area contributed by atoms with E-state index in [-0.39, 0.29) is 17.1 Å². The Bertz CT molecular complexity index is 1230. The average molecular weight is 374 g/mol. The van der Waals surface area contributed by atoms with Gasteiger partial charge in [0.25, 0.3) is 5.91 Å². The molecule has 1 amide bonds. The van der Waals surface area contributed by atoms with Crippen molar-refractivity contribution in [2.75, 3.05) is 4.90 Å². The maximum Gasteiger partial charge on any atom is 0.297 e. The topological polar surface area (TPSA) is 63.4 Å². The van der Waals surface area contributed by atoms with Gasteiger partial charge in [0.1, 0.15) is 5.58 Å². The van der Waals surface area contributed by atoms with Gasteiger partial charge in [-0.15, -0.1) is 11.3 Å². The van der Waals surface area contributed by atoms with Gasteiger partial charge in [0.15, 0.2) is 10.6 Å². The average Bonchev–Trinajstić information content (AvgIpc) is 3.30. The first kappa shape index (κ1) is 16.0. The van der Waals surface area contributed by atoms with Crippen molar-refractivity contribution < 1.29 is 9.21 Å². The van der Waals surface area contributed by atoms with Crippen LogP contribution >= 0.6 is 11.3 Å². The Hall–Kier alpha value is -3.25. The standard InChI is InChI=1S/C21H14N2O3S/c1-12-7-8-15-14(11-12)18(24)16-17(13-5-3-2-4-6-13)23(20(25)19(16)26-15)21-22-9-10-27-21/h2-11,17H,1H3. The van der Waals surface area contributed by atoms with Crippen LogP contribution in [0.3, 0.4) is 0 Å². The molecule has 0 saturated heterocycles. The highest BCUT2D eigenvalue weighted by Crippen LogP contribution is 2.41. The maximum atomic E-state index is 13.4. The first-order chi connectivity index (χ1) is 13.1. The lowest BCUT2D eigenvalue weighted by Gasteiger charge is -2.22. The van der Waals surface area contributed by atoms with Crippen molar-refractivity contribution in [3.63, 3.8) is 0 Å². The lowest BCUT2D eigenvalue weighted by atomic mass is 9.98. The second-order valence-corrected chi connectivity index (χ2v) is 7.35. The van der Waals surface area contributed by atoms with Crippen LogP contribution in [0.25, 0.3) is 11.0 Å². The summed E-state index contributed by atoms with van der Waals surface area (Å²) in [6, 6.07) is 14.4. The molecule has 1 unspecified atom stereocenters. The predicted molar refractivity (Wildman–Crippen MR) is 104 cm³/mol. The molecule has 0 radical (unpaired) electrons. The van der Waals surface area contributed by atoms with Gasteiger partial charge in [0.2, 0.25) is 5.76 Å². The van der Waals surface area contributed by atoms with Gasteiger partial charge >= 0.3 is 0 Å². The van der Waals surface area contributed by atoms with E-state index in [1.165, 1.54) is 11.3 Å². The van der Waals surface area contributed by atoms with Gasteiger partial charge in [0, 0.05) is 11.6 Å². The number of aromatic nitrogens is 1. The molecule has 5 rings (SSSR count). The third kappa shape index (κ3) is 2.34. The summed E-state index contributed by atoms with van der Waals surface area (Å²) in [6.07, 6.45) is 1.65. The van der Waals surface area contributed by atoms with E-state index in [9.17, 15) is 9.59 Å². The quantitative estimate of drug-likeness (QED) is 0.525. The highest BCUT2D eigenvalue weighted by atomic mass is 32.1. The zero-order chi connectivity index (χ0) is 18.5. The van der Waals surface area contributed by atoms with Crippen LogP contribution in [0, 0.1) is 6.92 Å². The molecular weight excluding hydrogens is 360 g/mol. The number of aryl methyl sites for hydroxylation is 1. The molecular formula is C21H14N2O3S. The Labute approximate surface area is 158 Å². The van der Waals surface area contributed by atoms with E-state index in [0.717, 1.165) is 11.1 Å². The van der Waals surface area contributed by atoms with Gasteiger partial charge in [-0.3, -0.25) is 14.5 Å². The highest BCUT2D eigenvalue weighted by Gasteiger charge is 2.44. The zero-order valence-electron chi connectivity index (χ0n) is 14.4. The van der Waals surface area contributed by atoms with E-state index in [1.807, 2.05) is 48.7 Å². The molecule has 27 heavy (non-hydrogen) atoms. The van der Waals surface area contributed by atoms with Crippen LogP contribution in [0.1, 0.15) is 33.3 Å². The van der Waals surface area contributed by atoms with E-state index < -0.39 is 6.04 Å². The number of hydrogen-bond acceptors (Lipinski definition) is 5. The van der Waals surface area contributed by atoms with Crippen LogP contribution in [0.15, 0.2) is 69.3 Å². The van der Waals surface area contributed by atoms with Gasteiger partial charge in [-0.2, -0.15) is 0 Å². The Balaban J connectivity index is 1.85. The summed E-state index contributed by atoms with van der Waals surface area (Å²) in [6.45, 7) is 1.92. The van der Waals surface area contributed by atoms with Crippen molar-refractivity contribution in [1.29, 1.82) is 0 Å². The molecule has 1 atom stereocenters. The van der Waals surface area contributed by atoms with E-state index in [4.69, 9.17) is 4.42 Å². The fraction of sp³-hybridized carbons (Fsp3) is 0.0952. The minimum Gasteiger partial charge on any atom is -0.450 e. The Morgan fingerprint density at radius 1 is 1.11 bits per heavy atom. The highest BCUT2D eigenvalue weighted by molar-refractivity contribution is 7.13. The first-order valence-electron chi connectivity index (χ1n) is 8.50. The first-order valence-corrected chi connectivity index (χ1v) is 9.38. The van der Waals surface area contributed by atoms with Crippen molar-refractivity contribution in [2.45, 2.75) is 13.0 Å². The molecule has 132 valence electrons. The van der Waals surface area contributed by atoms with Gasteiger partial charge in [-0.05, 0) is 24.6 Å². The zero-order valence-corrected chi connectivity index (χ0v) is 15.2. The van der Waals surface area contributed by atoms with Crippen molar-refractivity contribution in [3.05, 3.63) is 92.8 Å². The van der Waals surface area contributed by atoms with Crippen molar-refractivity contribution in [3.8, 4) is 0 Å². The lowest BCUT2D eigenvalue weighted by molar-refractivity contribution is 0.0971. The molecule has 6 heteroatoms. The number of thiazole rings is 1. The van der Waals surface area contributed by atoms with Crippen molar-refractivity contribution in [1.82, 2.24) is 4.98 Å². The molecule has 1 aliphatic heterocycles. The van der Waals surface area contributed by atoms with Gasteiger partial charge in [-0.1, -0.05) is 42.0 Å². The van der Waals surface area contributed by atoms with Crippen LogP contribution in [-0.2, 0) is 0 Å². The minimum absolute atomic E-state index is 0.0976. The normalized spacial score (nSPS) is 16.1. The number of carbonyl (C=O) groups excluding carboxylic acids is 1. The molecule has 0 aliphatic carbocycles. The summed E-state index contributed by atoms with van der Waals surface area (Å²) < 4.78 is 5.92. The molecule has 2 aromatic carbocycles. The summed E-state index contributed by atoms with van der Waals surface area (Å²) in [5.41, 5.74) is 2.44. The molecule has 0 spiro atoms. The third-order valence-corrected chi connectivity index (χ3v) is 5.54. The molecule has 0 fully saturated rings. The molecule has 0 N–H and O–H groups in total. The molecule has 0 bridgehead atoms. The van der Waals surface area contributed by atoms with Crippen LogP contribution in [-0.4, -0.2) is 10.9 Å². The van der Waals surface area contributed by atoms with Crippen LogP contribution in [0.4, 0.5) is 5.13 Å². The summed E-state index contributed by atoms with van der Waals surface area (Å²) in [5, 5.41) is 2.84. The maximum absolute atomic E-state index is 13.4. The number of fused-ring (bicyclic) bond motifs is 2. The number of benzene rings is 2. The summed E-state index contributed by atoms with van der Waals surface area (Å²) in [5.74, 6) is -0.242. The number of carbonyl (C=O) groups is 1. The van der Waals surface area contributed by atoms with Crippen molar-refractivity contribution >= 4 is 33.3 Å². The number of hydrogen-bond donors (Lipinski definition) is 0. The van der Waals surface area contributed by atoms with Crippen LogP contribution in [0.5, 0.6) is 0 Å². The minimum atomic E-state index is -0.555. The number of anilines is 1. The van der Waals surface area contributed by atoms with E-state index in [1.54, 1.807) is 23.2 Å². The van der Waals surface area contributed by atoms with Gasteiger partial charge < -0.3 is 4.42 Å². The lowest BCUT2D eigenvalue weighted by Crippen LogP contribution is -2.29. The molecule has 5 nitrogen and oxygen atoms in total. The largest absolute Gasteiger partial charge is 0.450 e. The monoisotopic (exact) mass is 374 g/mol. The smallest absolute Gasteiger partial charge is 0.297 e. The third-order valence-electron chi connectivity index (χ3n) is 4.77. The van der Waals surface area contributed by atoms with E-state index in [0.29, 0.717) is 21.7 Å². The summed E-state index contributed by atoms with van der Waals surface area (Å²) in [4.78, 5) is 32.4. The Kier molecular flexibility index (Phi) is 3.48. The summed E-state index contributed by atoms with van der Waals surface area (Å²) in [7, 11) is 0. The second-order valence-electron chi connectivity index (χ2n) is 6.48. The molecule has 2 aromatic heterocycles. The van der Waals surface area contributed by atoms with Crippen LogP contribution in [0.2, 0.25) is 0 Å². The Morgan fingerprint density at radius 2 is 1.93 bits per heavy atom. The predicted octanol–water partition coefficient (Wildman–Crippen LogP) is 4.31. The SMILES string of the molecule is Cc1ccc2oc3c(c(=O)c2c1)C(c1ccccc1)N(c1nccs1)C3=O. The number of nitrogens with zero attached hydrogens (tertiary/aromatic N) is 2. The molecule has 3 heterocycles. The fourth-order valence-electron chi connectivity index (χ4n) is 3.57. The fourth-order valence-corrected chi connectivity index (χ4v) is 4.24. The summed E-state index contributed by atoms with van der Waals surface area (Å²) >= 11 is 1.36. The molecule has 0 saturated carbocycles. The number of amides is 1. The molecule has 4 aromatic rings. The van der Waals surface area contributed by atoms with Gasteiger partial charge in [0.05, 0.1) is 17.0 Å². The van der Waals surface area contributed by atoms with Gasteiger partial charge in [-0.25, -0.2) is 4.98 Å².